The predicted molar refractivity (Wildman–Crippen MR) is 80.4 cm³/mol. The summed E-state index contributed by atoms with van der Waals surface area (Å²) in [6, 6.07) is 8.99. The average molecular weight is 261 g/mol. The number of hydrogen-bond donors (Lipinski definition) is 1. The van der Waals surface area contributed by atoms with E-state index in [2.05, 4.69) is 43.4 Å². The molecule has 2 nitrogen and oxygen atoms in total. The van der Waals surface area contributed by atoms with Crippen LogP contribution < -0.4 is 5.32 Å². The lowest BCUT2D eigenvalue weighted by Gasteiger charge is -2.15. The Morgan fingerprint density at radius 1 is 1.21 bits per heavy atom. The third-order valence-electron chi connectivity index (χ3n) is 4.27. The van der Waals surface area contributed by atoms with Gasteiger partial charge in [-0.1, -0.05) is 38.1 Å². The molecule has 0 saturated heterocycles. The maximum atomic E-state index is 5.19. The standard InChI is InChI=1S/C17H27NO/c1-14(2)16-6-4-15(5-7-16)12-18-13-17(8-9-17)10-11-19-3/h4-7,14,18H,8-13H2,1-3H3. The molecule has 0 atom stereocenters. The summed E-state index contributed by atoms with van der Waals surface area (Å²) in [5.74, 6) is 0.616. The normalized spacial score (nSPS) is 16.8. The highest BCUT2D eigenvalue weighted by molar-refractivity contribution is 5.24. The molecule has 0 spiro atoms. The van der Waals surface area contributed by atoms with E-state index in [-0.39, 0.29) is 0 Å². The fourth-order valence-corrected chi connectivity index (χ4v) is 2.50. The zero-order chi connectivity index (χ0) is 13.7. The molecule has 0 heterocycles. The maximum absolute atomic E-state index is 5.19. The van der Waals surface area contributed by atoms with Gasteiger partial charge in [-0.2, -0.15) is 0 Å². The zero-order valence-electron chi connectivity index (χ0n) is 12.5. The molecule has 2 heteroatoms. The van der Waals surface area contributed by atoms with Crippen LogP contribution in [0.5, 0.6) is 0 Å². The van der Waals surface area contributed by atoms with Crippen LogP contribution in [-0.2, 0) is 11.3 Å². The van der Waals surface area contributed by atoms with Gasteiger partial charge in [0, 0.05) is 26.8 Å². The predicted octanol–water partition coefficient (Wildman–Crippen LogP) is 3.72. The van der Waals surface area contributed by atoms with Crippen molar-refractivity contribution in [2.24, 2.45) is 5.41 Å². The lowest BCUT2D eigenvalue weighted by Crippen LogP contribution is -2.24. The minimum absolute atomic E-state index is 0.536. The number of hydrogen-bond acceptors (Lipinski definition) is 2. The highest BCUT2D eigenvalue weighted by Crippen LogP contribution is 2.48. The Kier molecular flexibility index (Phi) is 5.00. The molecule has 1 aliphatic carbocycles. The molecule has 1 aromatic rings. The first-order chi connectivity index (χ1) is 9.15. The second-order valence-corrected chi connectivity index (χ2v) is 6.24. The van der Waals surface area contributed by atoms with Crippen LogP contribution in [0.15, 0.2) is 24.3 Å². The molecule has 2 rings (SSSR count). The molecular weight excluding hydrogens is 234 g/mol. The van der Waals surface area contributed by atoms with Crippen LogP contribution in [-0.4, -0.2) is 20.3 Å². The highest BCUT2D eigenvalue weighted by Gasteiger charge is 2.41. The number of methoxy groups -OCH3 is 1. The first-order valence-corrected chi connectivity index (χ1v) is 7.44. The molecule has 1 saturated carbocycles. The Balaban J connectivity index is 1.73. The SMILES string of the molecule is COCCC1(CNCc2ccc(C(C)C)cc2)CC1. The van der Waals surface area contributed by atoms with E-state index in [9.17, 15) is 0 Å². The second kappa shape index (κ2) is 6.53. The molecule has 0 bridgehead atoms. The van der Waals surface area contributed by atoms with Crippen LogP contribution in [0.25, 0.3) is 0 Å². The van der Waals surface area contributed by atoms with Gasteiger partial charge in [-0.15, -0.1) is 0 Å². The van der Waals surface area contributed by atoms with Gasteiger partial charge in [0.2, 0.25) is 0 Å². The van der Waals surface area contributed by atoms with Gasteiger partial charge >= 0.3 is 0 Å². The van der Waals surface area contributed by atoms with Crippen molar-refractivity contribution in [3.63, 3.8) is 0 Å². The quantitative estimate of drug-likeness (QED) is 0.770. The van der Waals surface area contributed by atoms with E-state index in [0.29, 0.717) is 11.3 Å². The summed E-state index contributed by atoms with van der Waals surface area (Å²) in [6.45, 7) is 7.47. The van der Waals surface area contributed by atoms with E-state index in [1.807, 2.05) is 0 Å². The summed E-state index contributed by atoms with van der Waals surface area (Å²) in [6.07, 6.45) is 3.91. The fourth-order valence-electron chi connectivity index (χ4n) is 2.50. The van der Waals surface area contributed by atoms with Gasteiger partial charge in [-0.25, -0.2) is 0 Å². The topological polar surface area (TPSA) is 21.3 Å². The number of benzene rings is 1. The third kappa shape index (κ3) is 4.32. The van der Waals surface area contributed by atoms with Gasteiger partial charge in [0.05, 0.1) is 0 Å². The van der Waals surface area contributed by atoms with Gasteiger partial charge in [0.25, 0.3) is 0 Å². The van der Waals surface area contributed by atoms with Gasteiger partial charge in [0.15, 0.2) is 0 Å². The molecule has 1 fully saturated rings. The Morgan fingerprint density at radius 2 is 1.89 bits per heavy atom. The third-order valence-corrected chi connectivity index (χ3v) is 4.27. The summed E-state index contributed by atoms with van der Waals surface area (Å²) in [5, 5.41) is 3.61. The van der Waals surface area contributed by atoms with E-state index in [4.69, 9.17) is 4.74 Å². The zero-order valence-corrected chi connectivity index (χ0v) is 12.5. The summed E-state index contributed by atoms with van der Waals surface area (Å²) in [4.78, 5) is 0. The van der Waals surface area contributed by atoms with Gasteiger partial charge in [-0.3, -0.25) is 0 Å². The number of ether oxygens (including phenoxy) is 1. The van der Waals surface area contributed by atoms with Crippen molar-refractivity contribution >= 4 is 0 Å². The van der Waals surface area contributed by atoms with Crippen molar-refractivity contribution in [3.05, 3.63) is 35.4 Å². The van der Waals surface area contributed by atoms with Gasteiger partial charge < -0.3 is 10.1 Å². The van der Waals surface area contributed by atoms with Gasteiger partial charge in [0.1, 0.15) is 0 Å². The summed E-state index contributed by atoms with van der Waals surface area (Å²) >= 11 is 0. The van der Waals surface area contributed by atoms with E-state index >= 15 is 0 Å². The van der Waals surface area contributed by atoms with E-state index in [1.165, 1.54) is 30.4 Å². The van der Waals surface area contributed by atoms with E-state index in [0.717, 1.165) is 19.7 Å². The molecule has 19 heavy (non-hydrogen) atoms. The second-order valence-electron chi connectivity index (χ2n) is 6.24. The first kappa shape index (κ1) is 14.5. The minimum Gasteiger partial charge on any atom is -0.385 e. The Bertz CT molecular complexity index is 379. The monoisotopic (exact) mass is 261 g/mol. The van der Waals surface area contributed by atoms with Crippen molar-refractivity contribution in [2.45, 2.75) is 45.6 Å². The van der Waals surface area contributed by atoms with Crippen molar-refractivity contribution in [3.8, 4) is 0 Å². The van der Waals surface area contributed by atoms with Crippen LogP contribution in [0, 0.1) is 5.41 Å². The molecule has 1 aromatic carbocycles. The maximum Gasteiger partial charge on any atom is 0.0468 e. The number of rotatable bonds is 8. The largest absolute Gasteiger partial charge is 0.385 e. The van der Waals surface area contributed by atoms with Crippen LogP contribution in [0.4, 0.5) is 0 Å². The Hall–Kier alpha value is -0.860. The Labute approximate surface area is 117 Å². The van der Waals surface area contributed by atoms with E-state index < -0.39 is 0 Å². The van der Waals surface area contributed by atoms with Crippen molar-refractivity contribution in [1.29, 1.82) is 0 Å². The van der Waals surface area contributed by atoms with Crippen LogP contribution >= 0.6 is 0 Å². The van der Waals surface area contributed by atoms with Gasteiger partial charge in [-0.05, 0) is 41.7 Å². The van der Waals surface area contributed by atoms with E-state index in [1.54, 1.807) is 7.11 Å². The fraction of sp³-hybridized carbons (Fsp3) is 0.647. The first-order valence-electron chi connectivity index (χ1n) is 7.44. The molecule has 0 radical (unpaired) electrons. The molecule has 106 valence electrons. The molecular formula is C17H27NO. The van der Waals surface area contributed by atoms with Crippen LogP contribution in [0.2, 0.25) is 0 Å². The summed E-state index contributed by atoms with van der Waals surface area (Å²) < 4.78 is 5.19. The molecule has 0 aliphatic heterocycles. The van der Waals surface area contributed by atoms with Crippen LogP contribution in [0.1, 0.15) is 50.2 Å². The molecule has 0 aromatic heterocycles. The summed E-state index contributed by atoms with van der Waals surface area (Å²) in [7, 11) is 1.79. The van der Waals surface area contributed by atoms with Crippen molar-refractivity contribution in [2.75, 3.05) is 20.3 Å². The molecule has 1 aliphatic rings. The molecule has 0 unspecified atom stereocenters. The average Bonchev–Trinajstić information content (AvgIpc) is 3.17. The lowest BCUT2D eigenvalue weighted by molar-refractivity contribution is 0.171. The molecule has 0 amide bonds. The smallest absolute Gasteiger partial charge is 0.0468 e. The van der Waals surface area contributed by atoms with Crippen LogP contribution in [0.3, 0.4) is 0 Å². The minimum atomic E-state index is 0.536. The molecule has 1 N–H and O–H groups in total. The van der Waals surface area contributed by atoms with Crippen molar-refractivity contribution < 1.29 is 4.74 Å². The number of nitrogens with one attached hydrogen (secondary N) is 1. The highest BCUT2D eigenvalue weighted by atomic mass is 16.5. The lowest BCUT2D eigenvalue weighted by atomic mass is 10.0. The Morgan fingerprint density at radius 3 is 2.42 bits per heavy atom. The summed E-state index contributed by atoms with van der Waals surface area (Å²) in [5.41, 5.74) is 3.34. The van der Waals surface area contributed by atoms with Crippen molar-refractivity contribution in [1.82, 2.24) is 5.32 Å².